The number of amides is 1. The lowest BCUT2D eigenvalue weighted by Gasteiger charge is -2.30. The highest BCUT2D eigenvalue weighted by molar-refractivity contribution is 7.98. The summed E-state index contributed by atoms with van der Waals surface area (Å²) in [4.78, 5) is 25.7. The van der Waals surface area contributed by atoms with Crippen LogP contribution >= 0.6 is 23.4 Å². The third kappa shape index (κ3) is 5.41. The number of ether oxygens (including phenoxy) is 1. The van der Waals surface area contributed by atoms with Crippen LogP contribution in [0.3, 0.4) is 0 Å². The molecule has 31 heavy (non-hydrogen) atoms. The molecule has 0 bridgehead atoms. The summed E-state index contributed by atoms with van der Waals surface area (Å²) in [6.45, 7) is 0.525. The van der Waals surface area contributed by atoms with Crippen LogP contribution in [0.2, 0.25) is 5.02 Å². The molecule has 166 valence electrons. The van der Waals surface area contributed by atoms with E-state index in [4.69, 9.17) is 11.6 Å². The van der Waals surface area contributed by atoms with Gasteiger partial charge in [0.15, 0.2) is 0 Å². The Morgan fingerprint density at radius 2 is 1.77 bits per heavy atom. The lowest BCUT2D eigenvalue weighted by atomic mass is 9.97. The molecule has 2 aromatic carbocycles. The molecule has 1 aliphatic heterocycles. The molecular weight excluding hydrogens is 460 g/mol. The summed E-state index contributed by atoms with van der Waals surface area (Å²) in [6, 6.07) is 11.4. The third-order valence-corrected chi connectivity index (χ3v) is 8.15. The molecule has 2 aromatic rings. The number of benzene rings is 2. The fourth-order valence-corrected chi connectivity index (χ4v) is 5.44. The zero-order valence-electron chi connectivity index (χ0n) is 17.1. The van der Waals surface area contributed by atoms with Gasteiger partial charge in [-0.05, 0) is 61.6 Å². The Bertz CT molecular complexity index is 1070. The van der Waals surface area contributed by atoms with Gasteiger partial charge in [0.2, 0.25) is 15.9 Å². The second kappa shape index (κ2) is 10.0. The zero-order chi connectivity index (χ0) is 22.6. The Morgan fingerprint density at radius 3 is 2.35 bits per heavy atom. The highest BCUT2D eigenvalue weighted by Crippen LogP contribution is 2.27. The van der Waals surface area contributed by atoms with Gasteiger partial charge in [0.25, 0.3) is 0 Å². The molecule has 1 fully saturated rings. The van der Waals surface area contributed by atoms with Gasteiger partial charge >= 0.3 is 5.97 Å². The number of piperidine rings is 1. The van der Waals surface area contributed by atoms with Crippen LogP contribution in [-0.4, -0.2) is 51.1 Å². The number of halogens is 1. The van der Waals surface area contributed by atoms with E-state index in [1.807, 2.05) is 6.26 Å². The van der Waals surface area contributed by atoms with Crippen molar-refractivity contribution in [2.45, 2.75) is 22.6 Å². The summed E-state index contributed by atoms with van der Waals surface area (Å²) in [5, 5.41) is 3.01. The number of nitrogens with zero attached hydrogens (tertiary/aromatic N) is 1. The highest BCUT2D eigenvalue weighted by Gasteiger charge is 2.32. The molecule has 0 saturated carbocycles. The zero-order valence-corrected chi connectivity index (χ0v) is 19.5. The molecule has 0 aliphatic carbocycles. The van der Waals surface area contributed by atoms with Crippen molar-refractivity contribution in [3.63, 3.8) is 0 Å². The van der Waals surface area contributed by atoms with Crippen LogP contribution in [0.25, 0.3) is 0 Å². The quantitative estimate of drug-likeness (QED) is 0.496. The first-order valence-corrected chi connectivity index (χ1v) is 12.6. The molecule has 0 spiro atoms. The summed E-state index contributed by atoms with van der Waals surface area (Å²) in [5.74, 6) is -1.15. The summed E-state index contributed by atoms with van der Waals surface area (Å²) in [5.41, 5.74) is 0.592. The largest absolute Gasteiger partial charge is 0.465 e. The van der Waals surface area contributed by atoms with Gasteiger partial charge in [0.05, 0.1) is 22.6 Å². The second-order valence-electron chi connectivity index (χ2n) is 7.03. The number of rotatable bonds is 6. The van der Waals surface area contributed by atoms with Gasteiger partial charge in [-0.2, -0.15) is 4.31 Å². The number of hydrogen-bond donors (Lipinski definition) is 1. The van der Waals surface area contributed by atoms with Crippen LogP contribution in [0, 0.1) is 5.92 Å². The van der Waals surface area contributed by atoms with Crippen molar-refractivity contribution in [3.05, 3.63) is 53.1 Å². The van der Waals surface area contributed by atoms with Crippen LogP contribution in [0.5, 0.6) is 0 Å². The molecule has 1 amide bonds. The molecule has 0 atom stereocenters. The van der Waals surface area contributed by atoms with Crippen LogP contribution in [-0.2, 0) is 19.6 Å². The van der Waals surface area contributed by atoms with Gasteiger partial charge in [-0.3, -0.25) is 4.79 Å². The van der Waals surface area contributed by atoms with E-state index in [0.29, 0.717) is 18.5 Å². The van der Waals surface area contributed by atoms with E-state index in [2.05, 4.69) is 10.1 Å². The minimum Gasteiger partial charge on any atom is -0.465 e. The summed E-state index contributed by atoms with van der Waals surface area (Å²) in [6.07, 6.45) is 2.75. The molecule has 0 unspecified atom stereocenters. The van der Waals surface area contributed by atoms with E-state index in [0.717, 1.165) is 4.90 Å². The Morgan fingerprint density at radius 1 is 1.13 bits per heavy atom. The van der Waals surface area contributed by atoms with Crippen LogP contribution < -0.4 is 5.32 Å². The predicted octanol–water partition coefficient (Wildman–Crippen LogP) is 3.89. The Labute approximate surface area is 191 Å². The maximum absolute atomic E-state index is 12.9. The minimum atomic E-state index is -3.59. The lowest BCUT2D eigenvalue weighted by Crippen LogP contribution is -2.41. The predicted molar refractivity (Wildman–Crippen MR) is 121 cm³/mol. The fraction of sp³-hybridized carbons (Fsp3) is 0.333. The number of hydrogen-bond acceptors (Lipinski definition) is 6. The molecule has 1 heterocycles. The number of carbonyl (C=O) groups is 2. The van der Waals surface area contributed by atoms with Crippen molar-refractivity contribution in [2.24, 2.45) is 5.92 Å². The van der Waals surface area contributed by atoms with E-state index in [1.54, 1.807) is 42.1 Å². The standard InChI is InChI=1S/C21H23ClN2O5S2/c1-29-21(26)18-13-15(3-8-19(18)22)23-20(25)14-9-11-24(12-10-14)31(27,28)17-6-4-16(30-2)5-7-17/h3-8,13-14H,9-12H2,1-2H3,(H,23,25). The van der Waals surface area contributed by atoms with Crippen molar-refractivity contribution in [1.29, 1.82) is 0 Å². The minimum absolute atomic E-state index is 0.162. The molecule has 3 rings (SSSR count). The van der Waals surface area contributed by atoms with Gasteiger partial charge in [0, 0.05) is 29.6 Å². The number of sulfonamides is 1. The number of nitrogens with one attached hydrogen (secondary N) is 1. The van der Waals surface area contributed by atoms with Crippen molar-refractivity contribution in [1.82, 2.24) is 4.31 Å². The number of thioether (sulfide) groups is 1. The van der Waals surface area contributed by atoms with Gasteiger partial charge < -0.3 is 10.1 Å². The first-order chi connectivity index (χ1) is 14.8. The van der Waals surface area contributed by atoms with E-state index >= 15 is 0 Å². The average Bonchev–Trinajstić information content (AvgIpc) is 2.79. The average molecular weight is 483 g/mol. The van der Waals surface area contributed by atoms with Crippen LogP contribution in [0.1, 0.15) is 23.2 Å². The van der Waals surface area contributed by atoms with Crippen LogP contribution in [0.4, 0.5) is 5.69 Å². The van der Waals surface area contributed by atoms with Crippen molar-refractivity contribution in [3.8, 4) is 0 Å². The summed E-state index contributed by atoms with van der Waals surface area (Å²) >= 11 is 7.55. The van der Waals surface area contributed by atoms with Gasteiger partial charge in [-0.15, -0.1) is 11.8 Å². The first kappa shape index (κ1) is 23.6. The number of methoxy groups -OCH3 is 1. The van der Waals surface area contributed by atoms with E-state index in [9.17, 15) is 18.0 Å². The van der Waals surface area contributed by atoms with Gasteiger partial charge in [0.1, 0.15) is 0 Å². The summed E-state index contributed by atoms with van der Waals surface area (Å²) < 4.78 is 31.9. The van der Waals surface area contributed by atoms with Gasteiger partial charge in [-0.1, -0.05) is 11.6 Å². The molecule has 7 nitrogen and oxygen atoms in total. The maximum atomic E-state index is 12.9. The Kier molecular flexibility index (Phi) is 7.64. The molecule has 10 heteroatoms. The molecule has 0 radical (unpaired) electrons. The number of esters is 1. The summed E-state index contributed by atoms with van der Waals surface area (Å²) in [7, 11) is -2.34. The highest BCUT2D eigenvalue weighted by atomic mass is 35.5. The molecular formula is C21H23ClN2O5S2. The topological polar surface area (TPSA) is 92.8 Å². The monoisotopic (exact) mass is 482 g/mol. The smallest absolute Gasteiger partial charge is 0.339 e. The second-order valence-corrected chi connectivity index (χ2v) is 10.3. The lowest BCUT2D eigenvalue weighted by molar-refractivity contribution is -0.120. The molecule has 1 N–H and O–H groups in total. The Hall–Kier alpha value is -2.07. The molecule has 1 saturated heterocycles. The third-order valence-electron chi connectivity index (χ3n) is 5.16. The van der Waals surface area contributed by atoms with Crippen molar-refractivity contribution < 1.29 is 22.7 Å². The van der Waals surface area contributed by atoms with E-state index < -0.39 is 16.0 Å². The number of anilines is 1. The fourth-order valence-electron chi connectivity index (χ4n) is 3.37. The normalized spacial score (nSPS) is 15.5. The van der Waals surface area contributed by atoms with Gasteiger partial charge in [-0.25, -0.2) is 13.2 Å². The first-order valence-electron chi connectivity index (χ1n) is 9.59. The molecule has 0 aromatic heterocycles. The number of carbonyl (C=O) groups excluding carboxylic acids is 2. The van der Waals surface area contributed by atoms with E-state index in [1.165, 1.54) is 23.5 Å². The van der Waals surface area contributed by atoms with Crippen molar-refractivity contribution >= 4 is 50.9 Å². The maximum Gasteiger partial charge on any atom is 0.339 e. The molecule has 1 aliphatic rings. The Balaban J connectivity index is 1.62. The van der Waals surface area contributed by atoms with Crippen LogP contribution in [0.15, 0.2) is 52.3 Å². The van der Waals surface area contributed by atoms with E-state index in [-0.39, 0.29) is 40.4 Å². The van der Waals surface area contributed by atoms with Crippen molar-refractivity contribution in [2.75, 3.05) is 31.8 Å². The SMILES string of the molecule is COC(=O)c1cc(NC(=O)C2CCN(S(=O)(=O)c3ccc(SC)cc3)CC2)ccc1Cl.